The fraction of sp³-hybridized carbons (Fsp3) is 0.500. The number of carbonyl (C=O) groups is 1. The van der Waals surface area contributed by atoms with E-state index in [0.717, 1.165) is 19.5 Å². The molecule has 1 aliphatic heterocycles. The van der Waals surface area contributed by atoms with Gasteiger partial charge in [0, 0.05) is 12.2 Å². The Morgan fingerprint density at radius 2 is 2.32 bits per heavy atom. The van der Waals surface area contributed by atoms with Crippen LogP contribution in [0.4, 0.5) is 15.8 Å². The van der Waals surface area contributed by atoms with Gasteiger partial charge >= 0.3 is 0 Å². The van der Waals surface area contributed by atoms with Crippen molar-refractivity contribution in [3.8, 4) is 0 Å². The van der Waals surface area contributed by atoms with Gasteiger partial charge in [0.25, 0.3) is 0 Å². The van der Waals surface area contributed by atoms with E-state index in [1.165, 1.54) is 18.2 Å². The normalized spacial score (nSPS) is 21.3. The number of nitrogens with one attached hydrogen (secondary N) is 1. The molecule has 1 heterocycles. The summed E-state index contributed by atoms with van der Waals surface area (Å²) in [6, 6.07) is 3.90. The van der Waals surface area contributed by atoms with Gasteiger partial charge in [-0.3, -0.25) is 9.69 Å². The van der Waals surface area contributed by atoms with Gasteiger partial charge in [-0.05, 0) is 44.0 Å². The first kappa shape index (κ1) is 13.8. The molecule has 2 unspecified atom stereocenters. The van der Waals surface area contributed by atoms with Crippen molar-refractivity contribution in [2.45, 2.75) is 26.3 Å². The summed E-state index contributed by atoms with van der Waals surface area (Å²) in [5.74, 6) is -0.0532. The summed E-state index contributed by atoms with van der Waals surface area (Å²) in [6.07, 6.45) is 1.10. The number of rotatable bonds is 3. The van der Waals surface area contributed by atoms with Crippen molar-refractivity contribution >= 4 is 17.3 Å². The number of likely N-dealkylation sites (tertiary alicyclic amines) is 1. The molecule has 5 heteroatoms. The minimum atomic E-state index is -0.468. The van der Waals surface area contributed by atoms with Crippen LogP contribution in [0.1, 0.15) is 20.3 Å². The van der Waals surface area contributed by atoms with Gasteiger partial charge in [-0.15, -0.1) is 0 Å². The van der Waals surface area contributed by atoms with Gasteiger partial charge in [-0.1, -0.05) is 6.92 Å². The van der Waals surface area contributed by atoms with Gasteiger partial charge in [0.05, 0.1) is 11.7 Å². The van der Waals surface area contributed by atoms with E-state index in [9.17, 15) is 9.18 Å². The van der Waals surface area contributed by atoms with Crippen molar-refractivity contribution in [2.75, 3.05) is 24.1 Å². The third-order valence-electron chi connectivity index (χ3n) is 3.63. The maximum absolute atomic E-state index is 13.5. The van der Waals surface area contributed by atoms with Crippen LogP contribution in [0, 0.1) is 11.7 Å². The van der Waals surface area contributed by atoms with E-state index in [4.69, 9.17) is 5.73 Å². The van der Waals surface area contributed by atoms with Crippen LogP contribution in [-0.4, -0.2) is 29.9 Å². The second kappa shape index (κ2) is 5.57. The van der Waals surface area contributed by atoms with Crippen LogP contribution >= 0.6 is 0 Å². The maximum Gasteiger partial charge on any atom is 0.241 e. The molecule has 19 heavy (non-hydrogen) atoms. The molecule has 104 valence electrons. The molecule has 1 amide bonds. The molecule has 1 aromatic rings. The molecule has 0 radical (unpaired) electrons. The fourth-order valence-electron chi connectivity index (χ4n) is 2.36. The molecule has 0 aliphatic carbocycles. The first-order valence-corrected chi connectivity index (χ1v) is 6.57. The highest BCUT2D eigenvalue weighted by Crippen LogP contribution is 2.21. The summed E-state index contributed by atoms with van der Waals surface area (Å²) in [7, 11) is 0. The molecule has 1 saturated heterocycles. The molecule has 0 aromatic heterocycles. The largest absolute Gasteiger partial charge is 0.399 e. The number of anilines is 2. The molecule has 2 rings (SSSR count). The Hall–Kier alpha value is -1.62. The number of nitrogens with zero attached hydrogens (tertiary/aromatic N) is 1. The van der Waals surface area contributed by atoms with Gasteiger partial charge in [-0.25, -0.2) is 4.39 Å². The van der Waals surface area contributed by atoms with Crippen LogP contribution in [-0.2, 0) is 4.79 Å². The first-order chi connectivity index (χ1) is 8.97. The predicted molar refractivity (Wildman–Crippen MR) is 74.3 cm³/mol. The van der Waals surface area contributed by atoms with Crippen molar-refractivity contribution in [1.29, 1.82) is 0 Å². The first-order valence-electron chi connectivity index (χ1n) is 6.57. The Balaban J connectivity index is 2.02. The molecule has 0 spiro atoms. The zero-order valence-corrected chi connectivity index (χ0v) is 11.3. The van der Waals surface area contributed by atoms with Crippen LogP contribution in [0.3, 0.4) is 0 Å². The van der Waals surface area contributed by atoms with Crippen LogP contribution < -0.4 is 11.1 Å². The molecule has 1 fully saturated rings. The Labute approximate surface area is 112 Å². The molecular weight excluding hydrogens is 245 g/mol. The van der Waals surface area contributed by atoms with Crippen LogP contribution in [0.15, 0.2) is 18.2 Å². The zero-order chi connectivity index (χ0) is 14.0. The molecule has 0 saturated carbocycles. The van der Waals surface area contributed by atoms with Crippen molar-refractivity contribution in [1.82, 2.24) is 4.90 Å². The van der Waals surface area contributed by atoms with Crippen LogP contribution in [0.5, 0.6) is 0 Å². The number of hydrogen-bond donors (Lipinski definition) is 2. The lowest BCUT2D eigenvalue weighted by Gasteiger charge is -2.23. The average molecular weight is 265 g/mol. The summed E-state index contributed by atoms with van der Waals surface area (Å²) in [5, 5.41) is 2.61. The van der Waals surface area contributed by atoms with Crippen molar-refractivity contribution < 1.29 is 9.18 Å². The third-order valence-corrected chi connectivity index (χ3v) is 3.63. The molecule has 3 N–H and O–H groups in total. The Morgan fingerprint density at radius 1 is 1.58 bits per heavy atom. The third kappa shape index (κ3) is 3.23. The Bertz CT molecular complexity index is 478. The topological polar surface area (TPSA) is 58.4 Å². The lowest BCUT2D eigenvalue weighted by molar-refractivity contribution is -0.120. The van der Waals surface area contributed by atoms with E-state index in [2.05, 4.69) is 17.1 Å². The second-order valence-corrected chi connectivity index (χ2v) is 5.29. The number of benzene rings is 1. The zero-order valence-electron chi connectivity index (χ0n) is 11.3. The highest BCUT2D eigenvalue weighted by atomic mass is 19.1. The van der Waals surface area contributed by atoms with Crippen molar-refractivity contribution in [2.24, 2.45) is 5.92 Å². The van der Waals surface area contributed by atoms with Crippen molar-refractivity contribution in [3.05, 3.63) is 24.0 Å². The molecule has 0 bridgehead atoms. The summed E-state index contributed by atoms with van der Waals surface area (Å²) in [5.41, 5.74) is 6.16. The van der Waals surface area contributed by atoms with E-state index in [-0.39, 0.29) is 17.6 Å². The van der Waals surface area contributed by atoms with Gasteiger partial charge in [-0.2, -0.15) is 0 Å². The van der Waals surface area contributed by atoms with Gasteiger partial charge in [0.15, 0.2) is 0 Å². The standard InChI is InChI=1S/C14H20FN3O/c1-9-5-6-18(8-9)10(2)14(19)17-13-7-11(16)3-4-12(13)15/h3-4,7,9-10H,5-6,8,16H2,1-2H3,(H,17,19). The average Bonchev–Trinajstić information content (AvgIpc) is 2.79. The number of amides is 1. The van der Waals surface area contributed by atoms with Gasteiger partial charge in [0.1, 0.15) is 5.82 Å². The minimum Gasteiger partial charge on any atom is -0.399 e. The summed E-state index contributed by atoms with van der Waals surface area (Å²) in [4.78, 5) is 14.2. The molecule has 4 nitrogen and oxygen atoms in total. The van der Waals surface area contributed by atoms with Crippen LogP contribution in [0.25, 0.3) is 0 Å². The number of halogens is 1. The fourth-order valence-corrected chi connectivity index (χ4v) is 2.36. The summed E-state index contributed by atoms with van der Waals surface area (Å²) in [6.45, 7) is 5.84. The quantitative estimate of drug-likeness (QED) is 0.823. The van der Waals surface area contributed by atoms with Gasteiger partial charge < -0.3 is 11.1 Å². The number of carbonyl (C=O) groups excluding carboxylic acids is 1. The number of nitrogens with two attached hydrogens (primary N) is 1. The second-order valence-electron chi connectivity index (χ2n) is 5.29. The molecule has 1 aliphatic rings. The Kier molecular flexibility index (Phi) is 4.04. The number of nitrogen functional groups attached to an aromatic ring is 1. The van der Waals surface area contributed by atoms with Gasteiger partial charge in [0.2, 0.25) is 5.91 Å². The molecule has 1 aromatic carbocycles. The molecule has 2 atom stereocenters. The van der Waals surface area contributed by atoms with E-state index < -0.39 is 5.82 Å². The summed E-state index contributed by atoms with van der Waals surface area (Å²) < 4.78 is 13.5. The number of hydrogen-bond acceptors (Lipinski definition) is 3. The minimum absolute atomic E-state index is 0.143. The Morgan fingerprint density at radius 3 is 2.95 bits per heavy atom. The summed E-state index contributed by atoms with van der Waals surface area (Å²) >= 11 is 0. The predicted octanol–water partition coefficient (Wildman–Crippen LogP) is 2.08. The van der Waals surface area contributed by atoms with E-state index in [0.29, 0.717) is 11.6 Å². The smallest absolute Gasteiger partial charge is 0.241 e. The van der Waals surface area contributed by atoms with E-state index >= 15 is 0 Å². The lowest BCUT2D eigenvalue weighted by Crippen LogP contribution is -2.40. The van der Waals surface area contributed by atoms with Crippen molar-refractivity contribution in [3.63, 3.8) is 0 Å². The highest BCUT2D eigenvalue weighted by molar-refractivity contribution is 5.95. The van der Waals surface area contributed by atoms with E-state index in [1.54, 1.807) is 0 Å². The molecular formula is C14H20FN3O. The monoisotopic (exact) mass is 265 g/mol. The SMILES string of the molecule is CC1CCN(C(C)C(=O)Nc2cc(N)ccc2F)C1. The van der Waals surface area contributed by atoms with Crippen LogP contribution in [0.2, 0.25) is 0 Å². The lowest BCUT2D eigenvalue weighted by atomic mass is 10.2. The maximum atomic E-state index is 13.5. The highest BCUT2D eigenvalue weighted by Gasteiger charge is 2.27. The van der Waals surface area contributed by atoms with E-state index in [1.807, 2.05) is 6.92 Å².